The maximum atomic E-state index is 12.7. The molecule has 2 N–H and O–H groups in total. The number of benzene rings is 1. The number of aromatic nitrogens is 1. The largest absolute Gasteiger partial charge is 0.494 e. The summed E-state index contributed by atoms with van der Waals surface area (Å²) >= 11 is 2.72. The fourth-order valence-electron chi connectivity index (χ4n) is 2.55. The lowest BCUT2D eigenvalue weighted by molar-refractivity contribution is -0.118. The Morgan fingerprint density at radius 3 is 2.74 bits per heavy atom. The molecule has 0 saturated carbocycles. The van der Waals surface area contributed by atoms with Crippen molar-refractivity contribution in [1.82, 2.24) is 10.3 Å². The van der Waals surface area contributed by atoms with E-state index < -0.39 is 6.04 Å². The highest BCUT2D eigenvalue weighted by Crippen LogP contribution is 2.29. The third-order valence-corrected chi connectivity index (χ3v) is 5.68. The number of thiophene rings is 1. The number of hydrogen-bond donors (Lipinski definition) is 2. The van der Waals surface area contributed by atoms with E-state index in [0.29, 0.717) is 16.6 Å². The predicted octanol–water partition coefficient (Wildman–Crippen LogP) is 4.15. The van der Waals surface area contributed by atoms with Crippen molar-refractivity contribution in [1.29, 1.82) is 0 Å². The molecule has 0 bridgehead atoms. The molecule has 142 valence electrons. The lowest BCUT2D eigenvalue weighted by atomic mass is 10.0. The number of ether oxygens (including phenoxy) is 1. The van der Waals surface area contributed by atoms with Crippen LogP contribution in [0.25, 0.3) is 10.2 Å². The van der Waals surface area contributed by atoms with Crippen LogP contribution in [-0.2, 0) is 4.79 Å². The third-order valence-electron chi connectivity index (χ3n) is 3.88. The van der Waals surface area contributed by atoms with Gasteiger partial charge in [0.25, 0.3) is 5.91 Å². The van der Waals surface area contributed by atoms with E-state index in [0.717, 1.165) is 16.0 Å². The van der Waals surface area contributed by atoms with Gasteiger partial charge in [0.2, 0.25) is 5.91 Å². The Labute approximate surface area is 165 Å². The van der Waals surface area contributed by atoms with E-state index in [9.17, 15) is 9.59 Å². The summed E-state index contributed by atoms with van der Waals surface area (Å²) in [4.78, 5) is 30.1. The molecule has 0 radical (unpaired) electrons. The molecule has 3 aromatic rings. The fourth-order valence-corrected chi connectivity index (χ4v) is 4.08. The number of carbonyl (C=O) groups is 2. The zero-order chi connectivity index (χ0) is 19.4. The molecule has 1 atom stereocenters. The molecule has 2 amide bonds. The second-order valence-corrected chi connectivity index (χ2v) is 8.22. The minimum atomic E-state index is -0.648. The quantitative estimate of drug-likeness (QED) is 0.621. The van der Waals surface area contributed by atoms with E-state index in [1.54, 1.807) is 6.07 Å². The van der Waals surface area contributed by atoms with Gasteiger partial charge in [-0.2, -0.15) is 0 Å². The van der Waals surface area contributed by atoms with Crippen LogP contribution < -0.4 is 15.4 Å². The van der Waals surface area contributed by atoms with Crippen molar-refractivity contribution in [2.75, 3.05) is 11.9 Å². The molecule has 0 unspecified atom stereocenters. The maximum Gasteiger partial charge on any atom is 0.262 e. The summed E-state index contributed by atoms with van der Waals surface area (Å²) in [5.74, 6) is 0.186. The molecule has 6 nitrogen and oxygen atoms in total. The molecular weight excluding hydrogens is 382 g/mol. The average molecular weight is 404 g/mol. The van der Waals surface area contributed by atoms with Crippen molar-refractivity contribution >= 4 is 49.8 Å². The first-order valence-electron chi connectivity index (χ1n) is 8.66. The molecule has 0 aliphatic rings. The highest BCUT2D eigenvalue weighted by molar-refractivity contribution is 7.22. The van der Waals surface area contributed by atoms with Gasteiger partial charge in [0.15, 0.2) is 5.13 Å². The molecular formula is C19H21N3O3S2. The van der Waals surface area contributed by atoms with Gasteiger partial charge >= 0.3 is 0 Å². The van der Waals surface area contributed by atoms with Crippen LogP contribution in [0.1, 0.15) is 30.4 Å². The van der Waals surface area contributed by atoms with E-state index in [1.165, 1.54) is 22.7 Å². The first-order chi connectivity index (χ1) is 13.0. The molecule has 0 saturated heterocycles. The topological polar surface area (TPSA) is 80.3 Å². The fraction of sp³-hybridized carbons (Fsp3) is 0.316. The number of anilines is 1. The van der Waals surface area contributed by atoms with Crippen LogP contribution in [0.15, 0.2) is 35.7 Å². The SMILES string of the molecule is CCOc1ccc2nc(NC(=O)[C@H](NC(=O)c3cccs3)C(C)C)sc2c1. The highest BCUT2D eigenvalue weighted by Gasteiger charge is 2.26. The van der Waals surface area contributed by atoms with Crippen LogP contribution in [0.4, 0.5) is 5.13 Å². The number of rotatable bonds is 7. The highest BCUT2D eigenvalue weighted by atomic mass is 32.1. The smallest absolute Gasteiger partial charge is 0.262 e. The Hall–Kier alpha value is -2.45. The lowest BCUT2D eigenvalue weighted by Gasteiger charge is -2.20. The van der Waals surface area contributed by atoms with Crippen molar-refractivity contribution in [2.24, 2.45) is 5.92 Å². The molecule has 0 aliphatic heterocycles. The number of fused-ring (bicyclic) bond motifs is 1. The lowest BCUT2D eigenvalue weighted by Crippen LogP contribution is -2.46. The van der Waals surface area contributed by atoms with E-state index in [1.807, 2.05) is 50.4 Å². The number of nitrogens with zero attached hydrogens (tertiary/aromatic N) is 1. The Morgan fingerprint density at radius 1 is 1.26 bits per heavy atom. The molecule has 2 aromatic heterocycles. The Kier molecular flexibility index (Phi) is 6.08. The third kappa shape index (κ3) is 4.64. The van der Waals surface area contributed by atoms with Gasteiger partial charge in [0.1, 0.15) is 11.8 Å². The summed E-state index contributed by atoms with van der Waals surface area (Å²) in [6, 6.07) is 8.52. The second kappa shape index (κ2) is 8.49. The molecule has 0 spiro atoms. The van der Waals surface area contributed by atoms with Gasteiger partial charge in [-0.3, -0.25) is 9.59 Å². The average Bonchev–Trinajstić information content (AvgIpc) is 3.28. The summed E-state index contributed by atoms with van der Waals surface area (Å²) in [6.07, 6.45) is 0. The minimum Gasteiger partial charge on any atom is -0.494 e. The van der Waals surface area contributed by atoms with Crippen LogP contribution in [0, 0.1) is 5.92 Å². The summed E-state index contributed by atoms with van der Waals surface area (Å²) in [5, 5.41) is 7.98. The Balaban J connectivity index is 1.73. The van der Waals surface area contributed by atoms with Gasteiger partial charge in [-0.15, -0.1) is 11.3 Å². The molecule has 3 rings (SSSR count). The predicted molar refractivity (Wildman–Crippen MR) is 110 cm³/mol. The van der Waals surface area contributed by atoms with Gasteiger partial charge in [0.05, 0.1) is 21.7 Å². The zero-order valence-corrected chi connectivity index (χ0v) is 16.9. The normalized spacial score (nSPS) is 12.1. The van der Waals surface area contributed by atoms with Crippen LogP contribution in [-0.4, -0.2) is 29.4 Å². The Bertz CT molecular complexity index is 935. The van der Waals surface area contributed by atoms with E-state index >= 15 is 0 Å². The number of hydrogen-bond acceptors (Lipinski definition) is 6. The van der Waals surface area contributed by atoms with Gasteiger partial charge in [-0.05, 0) is 42.5 Å². The summed E-state index contributed by atoms with van der Waals surface area (Å²) in [7, 11) is 0. The number of thiazole rings is 1. The molecule has 2 heterocycles. The van der Waals surface area contributed by atoms with Gasteiger partial charge < -0.3 is 15.4 Å². The summed E-state index contributed by atoms with van der Waals surface area (Å²) in [5.41, 5.74) is 0.794. The summed E-state index contributed by atoms with van der Waals surface area (Å²) < 4.78 is 6.43. The standard InChI is InChI=1S/C19H21N3O3S2/c1-4-25-12-7-8-13-15(10-12)27-19(20-13)22-18(24)16(11(2)3)21-17(23)14-6-5-9-26-14/h5-11,16H,4H2,1-3H3,(H,21,23)(H,20,22,24)/t16-/m1/s1. The summed E-state index contributed by atoms with van der Waals surface area (Å²) in [6.45, 7) is 6.31. The van der Waals surface area contributed by atoms with Crippen molar-refractivity contribution < 1.29 is 14.3 Å². The van der Waals surface area contributed by atoms with E-state index in [4.69, 9.17) is 4.74 Å². The van der Waals surface area contributed by atoms with Crippen LogP contribution in [0.5, 0.6) is 5.75 Å². The van der Waals surface area contributed by atoms with Gasteiger partial charge in [-0.1, -0.05) is 31.3 Å². The van der Waals surface area contributed by atoms with Gasteiger partial charge in [0, 0.05) is 0 Å². The molecule has 27 heavy (non-hydrogen) atoms. The van der Waals surface area contributed by atoms with Crippen LogP contribution in [0.2, 0.25) is 0 Å². The van der Waals surface area contributed by atoms with Crippen LogP contribution >= 0.6 is 22.7 Å². The minimum absolute atomic E-state index is 0.0622. The molecule has 0 aliphatic carbocycles. The Morgan fingerprint density at radius 2 is 2.07 bits per heavy atom. The van der Waals surface area contributed by atoms with E-state index in [2.05, 4.69) is 15.6 Å². The van der Waals surface area contributed by atoms with Crippen LogP contribution in [0.3, 0.4) is 0 Å². The van der Waals surface area contributed by atoms with Crippen molar-refractivity contribution in [2.45, 2.75) is 26.8 Å². The first-order valence-corrected chi connectivity index (χ1v) is 10.4. The zero-order valence-electron chi connectivity index (χ0n) is 15.3. The van der Waals surface area contributed by atoms with E-state index in [-0.39, 0.29) is 17.7 Å². The number of nitrogens with one attached hydrogen (secondary N) is 2. The first kappa shape index (κ1) is 19.3. The monoisotopic (exact) mass is 403 g/mol. The number of amides is 2. The van der Waals surface area contributed by atoms with Crippen molar-refractivity contribution in [3.05, 3.63) is 40.6 Å². The molecule has 0 fully saturated rings. The van der Waals surface area contributed by atoms with Gasteiger partial charge in [-0.25, -0.2) is 4.98 Å². The molecule has 1 aromatic carbocycles. The second-order valence-electron chi connectivity index (χ2n) is 6.24. The molecule has 8 heteroatoms. The maximum absolute atomic E-state index is 12.7. The van der Waals surface area contributed by atoms with Crippen molar-refractivity contribution in [3.63, 3.8) is 0 Å². The number of carbonyl (C=O) groups excluding carboxylic acids is 2. The van der Waals surface area contributed by atoms with Crippen molar-refractivity contribution in [3.8, 4) is 5.75 Å².